The maximum atomic E-state index is 9.82. The number of anilines is 1. The number of ether oxygens (including phenoxy) is 1. The molecule has 0 amide bonds. The summed E-state index contributed by atoms with van der Waals surface area (Å²) >= 11 is 0. The molecule has 1 N–H and O–H groups in total. The third kappa shape index (κ3) is 3.27. The number of hydrogen-bond donors (Lipinski definition) is 1. The second kappa shape index (κ2) is 6.39. The van der Waals surface area contributed by atoms with Crippen molar-refractivity contribution in [2.45, 2.75) is 19.6 Å². The van der Waals surface area contributed by atoms with Crippen molar-refractivity contribution in [3.05, 3.63) is 53.7 Å². The van der Waals surface area contributed by atoms with Gasteiger partial charge < -0.3 is 14.7 Å². The van der Waals surface area contributed by atoms with E-state index in [2.05, 4.69) is 4.98 Å². The fourth-order valence-corrected chi connectivity index (χ4v) is 2.17. The molecular formula is C16H20N2O2. The number of hydrogen-bond acceptors (Lipinski definition) is 4. The first-order valence-corrected chi connectivity index (χ1v) is 6.59. The molecule has 0 fully saturated rings. The van der Waals surface area contributed by atoms with Crippen molar-refractivity contribution in [2.24, 2.45) is 0 Å². The monoisotopic (exact) mass is 272 g/mol. The average molecular weight is 272 g/mol. The average Bonchev–Trinajstić information content (AvgIpc) is 2.47. The third-order valence-electron chi connectivity index (χ3n) is 3.18. The maximum absolute atomic E-state index is 9.82. The molecule has 0 saturated carbocycles. The van der Waals surface area contributed by atoms with E-state index in [1.54, 1.807) is 20.2 Å². The van der Waals surface area contributed by atoms with Gasteiger partial charge in [0.05, 0.1) is 13.2 Å². The Bertz CT molecular complexity index is 570. The summed E-state index contributed by atoms with van der Waals surface area (Å²) in [6.07, 6.45) is 1.20. The molecular weight excluding hydrogens is 252 g/mol. The highest BCUT2D eigenvalue weighted by Crippen LogP contribution is 2.24. The molecule has 1 aromatic carbocycles. The Morgan fingerprint density at radius 1 is 1.30 bits per heavy atom. The lowest BCUT2D eigenvalue weighted by atomic mass is 10.1. The van der Waals surface area contributed by atoms with E-state index >= 15 is 0 Å². The Kier molecular flexibility index (Phi) is 4.58. The minimum Gasteiger partial charge on any atom is -0.497 e. The highest BCUT2D eigenvalue weighted by molar-refractivity contribution is 5.48. The second-order valence-corrected chi connectivity index (χ2v) is 4.80. The van der Waals surface area contributed by atoms with Crippen LogP contribution in [0.15, 0.2) is 42.6 Å². The highest BCUT2D eigenvalue weighted by atomic mass is 16.5. The first kappa shape index (κ1) is 14.3. The minimum atomic E-state index is -0.536. The third-order valence-corrected chi connectivity index (χ3v) is 3.18. The van der Waals surface area contributed by atoms with Crippen LogP contribution in [0, 0.1) is 0 Å². The highest BCUT2D eigenvalue weighted by Gasteiger charge is 2.12. The van der Waals surface area contributed by atoms with Crippen LogP contribution in [-0.4, -0.2) is 24.2 Å². The number of aliphatic hydroxyl groups excluding tert-OH is 1. The number of pyridine rings is 1. The van der Waals surface area contributed by atoms with Crippen molar-refractivity contribution in [2.75, 3.05) is 19.1 Å². The maximum Gasteiger partial charge on any atom is 0.134 e. The molecule has 106 valence electrons. The van der Waals surface area contributed by atoms with Gasteiger partial charge in [0.2, 0.25) is 0 Å². The molecule has 0 saturated heterocycles. The molecule has 20 heavy (non-hydrogen) atoms. The normalized spacial score (nSPS) is 12.0. The van der Waals surface area contributed by atoms with E-state index in [1.165, 1.54) is 0 Å². The van der Waals surface area contributed by atoms with Crippen LogP contribution in [0.1, 0.15) is 24.2 Å². The van der Waals surface area contributed by atoms with Crippen molar-refractivity contribution in [3.8, 4) is 5.75 Å². The molecule has 0 aliphatic carbocycles. The van der Waals surface area contributed by atoms with Gasteiger partial charge in [0.15, 0.2) is 0 Å². The molecule has 0 unspecified atom stereocenters. The summed E-state index contributed by atoms with van der Waals surface area (Å²) < 4.78 is 5.23. The quantitative estimate of drug-likeness (QED) is 0.909. The van der Waals surface area contributed by atoms with Crippen LogP contribution >= 0.6 is 0 Å². The zero-order valence-corrected chi connectivity index (χ0v) is 12.1. The summed E-state index contributed by atoms with van der Waals surface area (Å²) in [5.41, 5.74) is 1.96. The second-order valence-electron chi connectivity index (χ2n) is 4.80. The Hall–Kier alpha value is -2.07. The van der Waals surface area contributed by atoms with Gasteiger partial charge >= 0.3 is 0 Å². The van der Waals surface area contributed by atoms with Gasteiger partial charge in [0, 0.05) is 25.4 Å². The Morgan fingerprint density at radius 2 is 2.10 bits per heavy atom. The number of rotatable bonds is 5. The van der Waals surface area contributed by atoms with E-state index in [4.69, 9.17) is 4.74 Å². The Morgan fingerprint density at radius 3 is 2.80 bits per heavy atom. The molecule has 0 radical (unpaired) electrons. The number of aliphatic hydroxyl groups is 1. The van der Waals surface area contributed by atoms with Crippen molar-refractivity contribution in [1.29, 1.82) is 0 Å². The van der Waals surface area contributed by atoms with Crippen LogP contribution in [0.4, 0.5) is 5.82 Å². The Labute approximate surface area is 119 Å². The van der Waals surface area contributed by atoms with E-state index in [0.717, 1.165) is 22.7 Å². The summed E-state index contributed by atoms with van der Waals surface area (Å²) in [6, 6.07) is 11.7. The molecule has 0 aliphatic rings. The first-order valence-electron chi connectivity index (χ1n) is 6.59. The van der Waals surface area contributed by atoms with E-state index in [1.807, 2.05) is 48.3 Å². The zero-order chi connectivity index (χ0) is 14.5. The lowest BCUT2D eigenvalue weighted by Gasteiger charge is -2.22. The first-order chi connectivity index (χ1) is 9.61. The molecule has 1 atom stereocenters. The molecule has 1 heterocycles. The molecule has 2 rings (SSSR count). The van der Waals surface area contributed by atoms with Crippen LogP contribution < -0.4 is 9.64 Å². The molecule has 1 aromatic heterocycles. The lowest BCUT2D eigenvalue weighted by Crippen LogP contribution is -2.20. The van der Waals surface area contributed by atoms with Crippen molar-refractivity contribution in [1.82, 2.24) is 4.98 Å². The topological polar surface area (TPSA) is 45.6 Å². The number of benzene rings is 1. The van der Waals surface area contributed by atoms with E-state index in [0.29, 0.717) is 6.54 Å². The van der Waals surface area contributed by atoms with Gasteiger partial charge in [0.25, 0.3) is 0 Å². The summed E-state index contributed by atoms with van der Waals surface area (Å²) in [5, 5.41) is 9.82. The zero-order valence-electron chi connectivity index (χ0n) is 12.1. The van der Waals surface area contributed by atoms with Crippen LogP contribution in [0.25, 0.3) is 0 Å². The summed E-state index contributed by atoms with van der Waals surface area (Å²) in [6.45, 7) is 2.45. The molecule has 4 heteroatoms. The smallest absolute Gasteiger partial charge is 0.134 e. The number of methoxy groups -OCH3 is 1. The molecule has 4 nitrogen and oxygen atoms in total. The van der Waals surface area contributed by atoms with Crippen LogP contribution in [0.3, 0.4) is 0 Å². The SMILES string of the molecule is COc1cccc(CN(C)c2ncccc2[C@H](C)O)c1. The molecule has 0 bridgehead atoms. The van der Waals surface area contributed by atoms with Crippen molar-refractivity contribution < 1.29 is 9.84 Å². The predicted molar refractivity (Wildman–Crippen MR) is 80.0 cm³/mol. The van der Waals surface area contributed by atoms with Crippen LogP contribution in [0.2, 0.25) is 0 Å². The fraction of sp³-hybridized carbons (Fsp3) is 0.312. The van der Waals surface area contributed by atoms with Crippen molar-refractivity contribution in [3.63, 3.8) is 0 Å². The van der Waals surface area contributed by atoms with Gasteiger partial charge in [-0.15, -0.1) is 0 Å². The Balaban J connectivity index is 2.21. The van der Waals surface area contributed by atoms with Gasteiger partial charge in [-0.1, -0.05) is 18.2 Å². The van der Waals surface area contributed by atoms with E-state index in [-0.39, 0.29) is 0 Å². The molecule has 0 spiro atoms. The van der Waals surface area contributed by atoms with Crippen molar-refractivity contribution >= 4 is 5.82 Å². The number of aromatic nitrogens is 1. The predicted octanol–water partition coefficient (Wildman–Crippen LogP) is 2.78. The van der Waals surface area contributed by atoms with Crippen LogP contribution in [0.5, 0.6) is 5.75 Å². The van der Waals surface area contributed by atoms with Gasteiger partial charge in [-0.05, 0) is 30.7 Å². The van der Waals surface area contributed by atoms with Gasteiger partial charge in [-0.2, -0.15) is 0 Å². The lowest BCUT2D eigenvalue weighted by molar-refractivity contribution is 0.199. The van der Waals surface area contributed by atoms with Gasteiger partial charge in [-0.3, -0.25) is 0 Å². The number of nitrogens with zero attached hydrogens (tertiary/aromatic N) is 2. The van der Waals surface area contributed by atoms with Gasteiger partial charge in [-0.25, -0.2) is 4.98 Å². The van der Waals surface area contributed by atoms with E-state index < -0.39 is 6.10 Å². The standard InChI is InChI=1S/C16H20N2O2/c1-12(19)15-8-5-9-17-16(15)18(2)11-13-6-4-7-14(10-13)20-3/h4-10,12,19H,11H2,1-3H3/t12-/m0/s1. The molecule has 0 aliphatic heterocycles. The largest absolute Gasteiger partial charge is 0.497 e. The van der Waals surface area contributed by atoms with Crippen LogP contribution in [-0.2, 0) is 6.54 Å². The summed E-state index contributed by atoms with van der Waals surface area (Å²) in [7, 11) is 3.63. The minimum absolute atomic E-state index is 0.536. The summed E-state index contributed by atoms with van der Waals surface area (Å²) in [4.78, 5) is 6.40. The van der Waals surface area contributed by atoms with E-state index in [9.17, 15) is 5.11 Å². The molecule has 2 aromatic rings. The summed E-state index contributed by atoms with van der Waals surface area (Å²) in [5.74, 6) is 1.64. The van der Waals surface area contributed by atoms with Gasteiger partial charge in [0.1, 0.15) is 11.6 Å². The fourth-order valence-electron chi connectivity index (χ4n) is 2.17.